The number of nitrogens with one attached hydrogen (secondary N) is 1. The average molecular weight is 1300 g/mol. The Kier molecular flexibility index (Phi) is 49.8. The van der Waals surface area contributed by atoms with Gasteiger partial charge in [0.2, 0.25) is 5.91 Å². The number of aliphatic hydroxyl groups is 11. The van der Waals surface area contributed by atoms with Gasteiger partial charge in [0, 0.05) is 6.42 Å². The molecule has 0 aromatic rings. The van der Waals surface area contributed by atoms with Crippen molar-refractivity contribution in [2.45, 2.75) is 401 Å². The van der Waals surface area contributed by atoms with Gasteiger partial charge >= 0.3 is 0 Å². The predicted molar refractivity (Wildman–Crippen MR) is 356 cm³/mol. The third-order valence-electron chi connectivity index (χ3n) is 18.8. The van der Waals surface area contributed by atoms with Crippen molar-refractivity contribution < 1.29 is 89.4 Å². The molecule has 0 bridgehead atoms. The smallest absolute Gasteiger partial charge is 0.220 e. The maximum atomic E-state index is 13.4. The van der Waals surface area contributed by atoms with Gasteiger partial charge in [0.05, 0.1) is 38.6 Å². The summed E-state index contributed by atoms with van der Waals surface area (Å²) in [5, 5.41) is 120. The largest absolute Gasteiger partial charge is 0.394 e. The molecule has 0 aromatic carbocycles. The summed E-state index contributed by atoms with van der Waals surface area (Å²) in [6.07, 6.45) is 36.1. The standard InChI is InChI=1S/C72H135NO18/c1-3-5-7-9-11-13-14-15-16-17-18-19-20-21-22-23-24-25-26-27-28-29-30-31-32-33-34-35-36-37-38-39-40-42-44-46-48-50-60(78)73-55(56(77)49-47-45-43-41-12-10-8-6-4-2)54-86-70-66(84)63(81)68(58(52-75)88-70)91-72-67(85)64(82)69(59(53-76)89-72)90-71-65(83)62(80)61(79)57(51-74)87-71/h14-15,17-18,55-59,61-72,74-77,79-85H,3-13,16,19-54H2,1-2H3,(H,73,78)/b15-14-,18-17-. The van der Waals surface area contributed by atoms with Crippen LogP contribution < -0.4 is 5.32 Å². The number of allylic oxidation sites excluding steroid dienone is 4. The predicted octanol–water partition coefficient (Wildman–Crippen LogP) is 10.6. The molecule has 91 heavy (non-hydrogen) atoms. The summed E-state index contributed by atoms with van der Waals surface area (Å²) in [7, 11) is 0. The lowest BCUT2D eigenvalue weighted by atomic mass is 9.96. The van der Waals surface area contributed by atoms with E-state index >= 15 is 0 Å². The molecular weight excluding hydrogens is 1170 g/mol. The SMILES string of the molecule is CCCCCCC/C=C\C/C=C\CCCCCCCCCCCCCCCCCCCCCCCCCCCC(=O)NC(COC1OC(CO)C(OC2OC(CO)C(OC3OC(CO)C(O)C(O)C3O)C(O)C2O)C(O)C1O)C(O)CCCCCCCCCCC. The van der Waals surface area contributed by atoms with Gasteiger partial charge in [0.1, 0.15) is 73.2 Å². The maximum Gasteiger partial charge on any atom is 0.220 e. The first-order valence-corrected chi connectivity index (χ1v) is 37.1. The maximum absolute atomic E-state index is 13.4. The van der Waals surface area contributed by atoms with E-state index in [1.165, 1.54) is 212 Å². The van der Waals surface area contributed by atoms with Crippen LogP contribution in [0.4, 0.5) is 0 Å². The van der Waals surface area contributed by atoms with E-state index in [1.807, 2.05) is 0 Å². The van der Waals surface area contributed by atoms with Crippen molar-refractivity contribution in [2.24, 2.45) is 0 Å². The van der Waals surface area contributed by atoms with Gasteiger partial charge in [0.15, 0.2) is 18.9 Å². The molecule has 0 radical (unpaired) electrons. The monoisotopic (exact) mass is 1300 g/mol. The third-order valence-corrected chi connectivity index (χ3v) is 18.8. The zero-order valence-corrected chi connectivity index (χ0v) is 56.8. The molecule has 536 valence electrons. The Morgan fingerprint density at radius 1 is 0.396 bits per heavy atom. The van der Waals surface area contributed by atoms with Crippen molar-refractivity contribution in [2.75, 3.05) is 26.4 Å². The van der Waals surface area contributed by atoms with Crippen molar-refractivity contribution in [1.82, 2.24) is 5.32 Å². The lowest BCUT2D eigenvalue weighted by molar-refractivity contribution is -0.379. The van der Waals surface area contributed by atoms with Crippen LogP contribution in [0, 0.1) is 0 Å². The molecule has 3 aliphatic heterocycles. The van der Waals surface area contributed by atoms with Crippen LogP contribution in [0.25, 0.3) is 0 Å². The second kappa shape index (κ2) is 54.3. The van der Waals surface area contributed by atoms with Crippen LogP contribution in [0.1, 0.15) is 296 Å². The molecule has 19 heteroatoms. The van der Waals surface area contributed by atoms with E-state index in [2.05, 4.69) is 43.5 Å². The molecular formula is C72H135NO18. The number of amides is 1. The van der Waals surface area contributed by atoms with Gasteiger partial charge in [-0.05, 0) is 44.9 Å². The Bertz CT molecular complexity index is 1750. The molecule has 3 heterocycles. The summed E-state index contributed by atoms with van der Waals surface area (Å²) in [5.41, 5.74) is 0. The number of hydrogen-bond acceptors (Lipinski definition) is 18. The summed E-state index contributed by atoms with van der Waals surface area (Å²) in [5.74, 6) is -0.240. The number of rotatable bonds is 58. The van der Waals surface area contributed by atoms with Crippen molar-refractivity contribution in [3.8, 4) is 0 Å². The Hall–Kier alpha value is -1.73. The molecule has 0 aliphatic carbocycles. The topological polar surface area (TPSA) is 307 Å². The molecule has 17 atom stereocenters. The second-order valence-electron chi connectivity index (χ2n) is 26.8. The Labute approximate surface area is 549 Å². The van der Waals surface area contributed by atoms with Gasteiger partial charge in [-0.15, -0.1) is 0 Å². The summed E-state index contributed by atoms with van der Waals surface area (Å²) in [6.45, 7) is 1.77. The molecule has 3 fully saturated rings. The van der Waals surface area contributed by atoms with Crippen LogP contribution in [0.5, 0.6) is 0 Å². The number of carbonyl (C=O) groups excluding carboxylic acids is 1. The minimum absolute atomic E-state index is 0.240. The lowest BCUT2D eigenvalue weighted by Crippen LogP contribution is -2.66. The zero-order valence-electron chi connectivity index (χ0n) is 56.8. The number of unbranched alkanes of at least 4 members (excludes halogenated alkanes) is 38. The van der Waals surface area contributed by atoms with Gasteiger partial charge in [0.25, 0.3) is 0 Å². The van der Waals surface area contributed by atoms with Crippen LogP contribution >= 0.6 is 0 Å². The van der Waals surface area contributed by atoms with E-state index in [4.69, 9.17) is 28.4 Å². The molecule has 3 saturated heterocycles. The van der Waals surface area contributed by atoms with Gasteiger partial charge in [-0.1, -0.05) is 269 Å². The molecule has 0 spiro atoms. The fraction of sp³-hybridized carbons (Fsp3) is 0.931. The number of ether oxygens (including phenoxy) is 6. The molecule has 17 unspecified atom stereocenters. The first kappa shape index (κ1) is 83.5. The first-order valence-electron chi connectivity index (χ1n) is 37.1. The highest BCUT2D eigenvalue weighted by molar-refractivity contribution is 5.76. The molecule has 12 N–H and O–H groups in total. The van der Waals surface area contributed by atoms with Crippen molar-refractivity contribution in [3.63, 3.8) is 0 Å². The van der Waals surface area contributed by atoms with Gasteiger partial charge < -0.3 is 89.9 Å². The molecule has 0 saturated carbocycles. The Morgan fingerprint density at radius 3 is 1.12 bits per heavy atom. The lowest BCUT2D eigenvalue weighted by Gasteiger charge is -2.48. The van der Waals surface area contributed by atoms with Crippen LogP contribution in [-0.4, -0.2) is 193 Å². The van der Waals surface area contributed by atoms with E-state index < -0.39 is 124 Å². The highest BCUT2D eigenvalue weighted by atomic mass is 16.8. The number of aliphatic hydroxyl groups excluding tert-OH is 11. The first-order chi connectivity index (χ1) is 44.3. The van der Waals surface area contributed by atoms with E-state index in [1.54, 1.807) is 0 Å². The van der Waals surface area contributed by atoms with E-state index in [0.717, 1.165) is 51.4 Å². The molecule has 19 nitrogen and oxygen atoms in total. The quantitative estimate of drug-likeness (QED) is 0.0199. The summed E-state index contributed by atoms with van der Waals surface area (Å²) < 4.78 is 34.3. The fourth-order valence-corrected chi connectivity index (χ4v) is 12.8. The van der Waals surface area contributed by atoms with Crippen LogP contribution in [0.2, 0.25) is 0 Å². The van der Waals surface area contributed by atoms with Crippen molar-refractivity contribution in [3.05, 3.63) is 24.3 Å². The molecule has 1 amide bonds. The fourth-order valence-electron chi connectivity index (χ4n) is 12.8. The van der Waals surface area contributed by atoms with Gasteiger partial charge in [-0.2, -0.15) is 0 Å². The Balaban J connectivity index is 1.26. The molecule has 3 rings (SSSR count). The minimum atomic E-state index is -1.97. The van der Waals surface area contributed by atoms with E-state index in [0.29, 0.717) is 12.8 Å². The zero-order chi connectivity index (χ0) is 66.1. The number of carbonyl (C=O) groups is 1. The summed E-state index contributed by atoms with van der Waals surface area (Å²) >= 11 is 0. The second-order valence-corrected chi connectivity index (χ2v) is 26.8. The number of hydrogen-bond donors (Lipinski definition) is 12. The van der Waals surface area contributed by atoms with Gasteiger partial charge in [-0.25, -0.2) is 0 Å². The normalized spacial score (nSPS) is 27.9. The van der Waals surface area contributed by atoms with Crippen molar-refractivity contribution >= 4 is 5.91 Å². The molecule has 0 aromatic heterocycles. The minimum Gasteiger partial charge on any atom is -0.394 e. The van der Waals surface area contributed by atoms with Crippen LogP contribution in [0.15, 0.2) is 24.3 Å². The highest BCUT2D eigenvalue weighted by Gasteiger charge is 2.53. The van der Waals surface area contributed by atoms with Crippen LogP contribution in [-0.2, 0) is 33.2 Å². The van der Waals surface area contributed by atoms with E-state index in [9.17, 15) is 61.0 Å². The van der Waals surface area contributed by atoms with Crippen LogP contribution in [0.3, 0.4) is 0 Å². The third kappa shape index (κ3) is 35.9. The van der Waals surface area contributed by atoms with Crippen molar-refractivity contribution in [1.29, 1.82) is 0 Å². The Morgan fingerprint density at radius 2 is 0.725 bits per heavy atom. The average Bonchev–Trinajstić information content (AvgIpc) is 0.826. The van der Waals surface area contributed by atoms with E-state index in [-0.39, 0.29) is 18.9 Å². The summed E-state index contributed by atoms with van der Waals surface area (Å²) in [4.78, 5) is 13.4. The molecule has 3 aliphatic rings. The highest BCUT2D eigenvalue weighted by Crippen LogP contribution is 2.33. The summed E-state index contributed by atoms with van der Waals surface area (Å²) in [6, 6.07) is -0.882. The van der Waals surface area contributed by atoms with Gasteiger partial charge in [-0.3, -0.25) is 4.79 Å².